The molecule has 1 aromatic rings. The van der Waals surface area contributed by atoms with Crippen LogP contribution in [0.25, 0.3) is 0 Å². The molecule has 0 heterocycles. The number of benzene rings is 1. The van der Waals surface area contributed by atoms with Crippen molar-refractivity contribution in [1.29, 1.82) is 0 Å². The predicted molar refractivity (Wildman–Crippen MR) is 94.1 cm³/mol. The monoisotopic (exact) mass is 308 g/mol. The number of Topliss-reactive ketones (excluding diaryl/α,β-unsaturated/α-hetero) is 1. The van der Waals surface area contributed by atoms with Crippen molar-refractivity contribution in [3.05, 3.63) is 35.4 Å². The number of nitrogens with one attached hydrogen (secondary N) is 3. The largest absolute Gasteiger partial charge is 0.362 e. The zero-order valence-electron chi connectivity index (χ0n) is 13.8. The summed E-state index contributed by atoms with van der Waals surface area (Å²) >= 11 is 0. The third-order valence-electron chi connectivity index (χ3n) is 3.61. The van der Waals surface area contributed by atoms with E-state index in [2.05, 4.69) is 15.8 Å². The number of amides is 1. The molecule has 1 rings (SSSR count). The van der Waals surface area contributed by atoms with E-state index in [1.165, 1.54) is 14.2 Å². The lowest BCUT2D eigenvalue weighted by atomic mass is 9.66. The molecule has 0 saturated carbocycles. The number of aryl methyl sites for hydroxylation is 1. The first kappa shape index (κ1) is 19.5. The summed E-state index contributed by atoms with van der Waals surface area (Å²) < 4.78 is 0. The van der Waals surface area contributed by atoms with Crippen LogP contribution in [0.1, 0.15) is 37.4 Å². The van der Waals surface area contributed by atoms with E-state index in [1.54, 1.807) is 6.92 Å². The van der Waals surface area contributed by atoms with Crippen LogP contribution in [0.2, 0.25) is 0 Å². The smallest absolute Gasteiger partial charge is 0.238 e. The van der Waals surface area contributed by atoms with Crippen molar-refractivity contribution in [2.75, 3.05) is 0 Å². The maximum Gasteiger partial charge on any atom is 0.238 e. The van der Waals surface area contributed by atoms with Gasteiger partial charge in [0.15, 0.2) is 7.98 Å². The molecular weight excluding hydrogens is 287 g/mol. The van der Waals surface area contributed by atoms with Gasteiger partial charge in [0.25, 0.3) is 0 Å². The van der Waals surface area contributed by atoms with Crippen LogP contribution in [0.4, 0.5) is 0 Å². The van der Waals surface area contributed by atoms with E-state index in [4.69, 9.17) is 15.7 Å². The minimum atomic E-state index is -0.648. The molecule has 0 aliphatic heterocycles. The highest BCUT2D eigenvalue weighted by molar-refractivity contribution is 6.87. The van der Waals surface area contributed by atoms with E-state index in [9.17, 15) is 9.59 Å². The summed E-state index contributed by atoms with van der Waals surface area (Å²) in [5.41, 5.74) is 1.99. The Labute approximate surface area is 141 Å². The van der Waals surface area contributed by atoms with Crippen molar-refractivity contribution in [3.63, 3.8) is 0 Å². The standard InChI is InChI=1S/C15H21B3N3O2/c1-9-4-6-12(7-5-9)13(8-10(2)22)19-15(23)14(21-18-16)11(3)20-17/h4-7,11,13-14,20-21H,8H2,1-3H3,(H,19,23)/t11-,13-,14-/m0/s1. The second kappa shape index (κ2) is 9.58. The Bertz CT molecular complexity index is 525. The van der Waals surface area contributed by atoms with Gasteiger partial charge in [-0.15, -0.1) is 0 Å². The summed E-state index contributed by atoms with van der Waals surface area (Å²) in [6.07, 6.45) is 0.221. The molecule has 117 valence electrons. The molecule has 0 aromatic heterocycles. The number of hydrogen-bond acceptors (Lipinski definition) is 4. The number of rotatable bonds is 9. The number of hydrogen-bond donors (Lipinski definition) is 3. The van der Waals surface area contributed by atoms with Crippen LogP contribution in [-0.4, -0.2) is 46.8 Å². The quantitative estimate of drug-likeness (QED) is 0.555. The second-order valence-electron chi connectivity index (χ2n) is 5.64. The normalized spacial score (nSPS) is 14.6. The highest BCUT2D eigenvalue weighted by Gasteiger charge is 2.25. The molecule has 8 heteroatoms. The van der Waals surface area contributed by atoms with Gasteiger partial charge >= 0.3 is 0 Å². The maximum absolute atomic E-state index is 12.5. The minimum absolute atomic E-state index is 0.00392. The molecule has 1 aromatic carbocycles. The van der Waals surface area contributed by atoms with E-state index in [0.29, 0.717) is 0 Å². The first-order valence-corrected chi connectivity index (χ1v) is 7.51. The van der Waals surface area contributed by atoms with E-state index >= 15 is 0 Å². The Morgan fingerprint density at radius 2 is 1.87 bits per heavy atom. The van der Waals surface area contributed by atoms with Crippen LogP contribution >= 0.6 is 0 Å². The molecule has 0 saturated heterocycles. The van der Waals surface area contributed by atoms with E-state index < -0.39 is 12.1 Å². The van der Waals surface area contributed by atoms with Crippen LogP contribution in [0.15, 0.2) is 24.3 Å². The lowest BCUT2D eigenvalue weighted by Gasteiger charge is -2.27. The fourth-order valence-electron chi connectivity index (χ4n) is 2.25. The zero-order valence-corrected chi connectivity index (χ0v) is 13.8. The maximum atomic E-state index is 12.5. The van der Waals surface area contributed by atoms with Crippen molar-refractivity contribution < 1.29 is 9.59 Å². The third kappa shape index (κ3) is 6.24. The number of carbonyl (C=O) groups excluding carboxylic acids is 2. The molecule has 3 atom stereocenters. The molecular formula is C15H21B3N3O2. The Kier molecular flexibility index (Phi) is 8.13. The fraction of sp³-hybridized carbons (Fsp3) is 0.467. The lowest BCUT2D eigenvalue weighted by molar-refractivity contribution is -0.124. The zero-order chi connectivity index (χ0) is 17.4. The Hall–Kier alpha value is -1.53. The van der Waals surface area contributed by atoms with Crippen molar-refractivity contribution >= 4 is 34.7 Å². The van der Waals surface area contributed by atoms with E-state index in [0.717, 1.165) is 11.1 Å². The second-order valence-corrected chi connectivity index (χ2v) is 5.64. The van der Waals surface area contributed by atoms with Gasteiger partial charge in [0.05, 0.1) is 12.1 Å². The van der Waals surface area contributed by atoms with Gasteiger partial charge in [0.1, 0.15) is 13.1 Å². The molecule has 5 radical (unpaired) electrons. The number of ketones is 1. The molecule has 0 fully saturated rings. The lowest BCUT2D eigenvalue weighted by Crippen LogP contribution is -2.56. The minimum Gasteiger partial charge on any atom is -0.362 e. The number of carbonyl (C=O) groups is 2. The molecule has 0 bridgehead atoms. The summed E-state index contributed by atoms with van der Waals surface area (Å²) in [5, 5.41) is 8.18. The fourth-order valence-corrected chi connectivity index (χ4v) is 2.25. The SMILES string of the molecule is [B][B]N[C@H](C(=O)N[C@@H](CC(C)=O)c1ccc(C)cc1)[C@H](C)N[B]. The van der Waals surface area contributed by atoms with Gasteiger partial charge in [-0.1, -0.05) is 29.8 Å². The van der Waals surface area contributed by atoms with Gasteiger partial charge in [-0.25, -0.2) is 0 Å². The Morgan fingerprint density at radius 3 is 2.35 bits per heavy atom. The summed E-state index contributed by atoms with van der Waals surface area (Å²) in [4.78, 5) is 24.0. The van der Waals surface area contributed by atoms with Crippen LogP contribution in [0.3, 0.4) is 0 Å². The highest BCUT2D eigenvalue weighted by atomic mass is 16.2. The summed E-state index contributed by atoms with van der Waals surface area (Å²) in [5.74, 6) is -0.292. The Balaban J connectivity index is 2.92. The van der Waals surface area contributed by atoms with Crippen molar-refractivity contribution in [3.8, 4) is 0 Å². The average Bonchev–Trinajstić information content (AvgIpc) is 2.51. The molecule has 3 N–H and O–H groups in total. The topological polar surface area (TPSA) is 70.2 Å². The molecule has 0 aliphatic carbocycles. The molecule has 0 unspecified atom stereocenters. The van der Waals surface area contributed by atoms with Crippen molar-refractivity contribution in [2.45, 2.75) is 45.3 Å². The third-order valence-corrected chi connectivity index (χ3v) is 3.61. The summed E-state index contributed by atoms with van der Waals surface area (Å²) in [6, 6.07) is 6.32. The summed E-state index contributed by atoms with van der Waals surface area (Å²) in [6.45, 7) is 5.24. The van der Waals surface area contributed by atoms with Crippen LogP contribution in [-0.2, 0) is 9.59 Å². The first-order valence-electron chi connectivity index (χ1n) is 7.51. The van der Waals surface area contributed by atoms with E-state index in [-0.39, 0.29) is 24.2 Å². The van der Waals surface area contributed by atoms with E-state index in [1.807, 2.05) is 31.2 Å². The molecule has 0 aliphatic rings. The molecule has 23 heavy (non-hydrogen) atoms. The van der Waals surface area contributed by atoms with Gasteiger partial charge in [-0.05, 0) is 26.3 Å². The molecule has 5 nitrogen and oxygen atoms in total. The van der Waals surface area contributed by atoms with Crippen LogP contribution < -0.4 is 15.8 Å². The van der Waals surface area contributed by atoms with Crippen molar-refractivity contribution in [2.24, 2.45) is 0 Å². The van der Waals surface area contributed by atoms with Gasteiger partial charge < -0.3 is 15.8 Å². The average molecular weight is 308 g/mol. The van der Waals surface area contributed by atoms with Crippen molar-refractivity contribution in [1.82, 2.24) is 15.8 Å². The Morgan fingerprint density at radius 1 is 1.26 bits per heavy atom. The highest BCUT2D eigenvalue weighted by Crippen LogP contribution is 2.18. The van der Waals surface area contributed by atoms with Gasteiger partial charge in [-0.2, -0.15) is 0 Å². The first-order chi connectivity index (χ1) is 10.9. The van der Waals surface area contributed by atoms with Crippen LogP contribution in [0.5, 0.6) is 0 Å². The molecule has 0 spiro atoms. The molecule has 1 amide bonds. The predicted octanol–water partition coefficient (Wildman–Crippen LogP) is -0.146. The van der Waals surface area contributed by atoms with Crippen LogP contribution in [0, 0.1) is 6.92 Å². The van der Waals surface area contributed by atoms with Gasteiger partial charge in [0, 0.05) is 20.2 Å². The van der Waals surface area contributed by atoms with Gasteiger partial charge in [0.2, 0.25) is 5.91 Å². The van der Waals surface area contributed by atoms with Gasteiger partial charge in [-0.3, -0.25) is 9.59 Å². The summed E-state index contributed by atoms with van der Waals surface area (Å²) in [7, 11) is 12.0.